The van der Waals surface area contributed by atoms with Gasteiger partial charge in [0.2, 0.25) is 0 Å². The summed E-state index contributed by atoms with van der Waals surface area (Å²) in [5, 5.41) is 0. The molecular formula is C22H28O. The summed E-state index contributed by atoms with van der Waals surface area (Å²) >= 11 is 0. The molecule has 0 bridgehead atoms. The van der Waals surface area contributed by atoms with Gasteiger partial charge in [0, 0.05) is 0 Å². The van der Waals surface area contributed by atoms with Crippen molar-refractivity contribution in [3.63, 3.8) is 0 Å². The average molecular weight is 308 g/mol. The van der Waals surface area contributed by atoms with Crippen LogP contribution in [0.4, 0.5) is 0 Å². The first-order chi connectivity index (χ1) is 10.7. The topological polar surface area (TPSA) is 12.5 Å². The Bertz CT molecular complexity index is 604. The van der Waals surface area contributed by atoms with E-state index in [9.17, 15) is 0 Å². The van der Waals surface area contributed by atoms with Crippen LogP contribution in [0.15, 0.2) is 48.5 Å². The molecule has 2 aromatic carbocycles. The third-order valence-electron chi connectivity index (χ3n) is 4.70. The van der Waals surface area contributed by atoms with E-state index >= 15 is 0 Å². The minimum atomic E-state index is 0.200. The van der Waals surface area contributed by atoms with Crippen molar-refractivity contribution >= 4 is 0 Å². The molecule has 122 valence electrons. The van der Waals surface area contributed by atoms with Crippen LogP contribution in [0.1, 0.15) is 76.0 Å². The molecule has 0 aliphatic carbocycles. The maximum Gasteiger partial charge on any atom is 0.114 e. The van der Waals surface area contributed by atoms with Gasteiger partial charge >= 0.3 is 0 Å². The summed E-state index contributed by atoms with van der Waals surface area (Å²) in [6.07, 6.45) is 0.425. The zero-order valence-electron chi connectivity index (χ0n) is 15.2. The Balaban J connectivity index is 1.72. The van der Waals surface area contributed by atoms with Crippen molar-refractivity contribution < 1.29 is 4.74 Å². The van der Waals surface area contributed by atoms with Crippen molar-refractivity contribution in [3.05, 3.63) is 70.8 Å². The second-order valence-electron chi connectivity index (χ2n) is 8.72. The number of epoxide rings is 1. The van der Waals surface area contributed by atoms with Gasteiger partial charge in [0.05, 0.1) is 0 Å². The molecule has 1 saturated heterocycles. The van der Waals surface area contributed by atoms with Crippen LogP contribution in [0.5, 0.6) is 0 Å². The van der Waals surface area contributed by atoms with Gasteiger partial charge in [-0.15, -0.1) is 0 Å². The van der Waals surface area contributed by atoms with Crippen LogP contribution in [-0.2, 0) is 15.6 Å². The zero-order valence-corrected chi connectivity index (χ0v) is 15.2. The monoisotopic (exact) mass is 308 g/mol. The van der Waals surface area contributed by atoms with Gasteiger partial charge in [0.25, 0.3) is 0 Å². The van der Waals surface area contributed by atoms with Crippen molar-refractivity contribution in [1.29, 1.82) is 0 Å². The molecule has 1 nitrogen and oxygen atoms in total. The fourth-order valence-electron chi connectivity index (χ4n) is 2.96. The molecule has 0 unspecified atom stereocenters. The molecule has 1 heterocycles. The first kappa shape index (κ1) is 16.3. The molecule has 0 radical (unpaired) electrons. The SMILES string of the molecule is CC(C)(C)c1ccc([C@@H]2O[C@H]2c2ccc(C(C)(C)C)cc2)cc1. The lowest BCUT2D eigenvalue weighted by atomic mass is 9.86. The Kier molecular flexibility index (Phi) is 3.88. The van der Waals surface area contributed by atoms with Crippen molar-refractivity contribution in [3.8, 4) is 0 Å². The summed E-state index contributed by atoms with van der Waals surface area (Å²) in [7, 11) is 0. The van der Waals surface area contributed by atoms with E-state index in [1.54, 1.807) is 0 Å². The van der Waals surface area contributed by atoms with Gasteiger partial charge in [0.1, 0.15) is 12.2 Å². The van der Waals surface area contributed by atoms with Gasteiger partial charge in [-0.2, -0.15) is 0 Å². The fraction of sp³-hybridized carbons (Fsp3) is 0.455. The Morgan fingerprint density at radius 1 is 0.565 bits per heavy atom. The quantitative estimate of drug-likeness (QED) is 0.611. The lowest BCUT2D eigenvalue weighted by molar-refractivity contribution is 0.377. The number of rotatable bonds is 2. The van der Waals surface area contributed by atoms with Gasteiger partial charge in [-0.3, -0.25) is 0 Å². The minimum absolute atomic E-state index is 0.200. The van der Waals surface area contributed by atoms with Crippen molar-refractivity contribution in [2.45, 2.75) is 64.6 Å². The highest BCUT2D eigenvalue weighted by atomic mass is 16.6. The molecule has 0 saturated carbocycles. The van der Waals surface area contributed by atoms with Crippen molar-refractivity contribution in [2.24, 2.45) is 0 Å². The van der Waals surface area contributed by atoms with E-state index in [0.29, 0.717) is 0 Å². The first-order valence-corrected chi connectivity index (χ1v) is 8.52. The smallest absolute Gasteiger partial charge is 0.114 e. The minimum Gasteiger partial charge on any atom is -0.359 e. The molecule has 1 fully saturated rings. The number of benzene rings is 2. The van der Waals surface area contributed by atoms with E-state index in [1.807, 2.05) is 0 Å². The molecule has 0 N–H and O–H groups in total. The molecule has 3 rings (SSSR count). The number of hydrogen-bond acceptors (Lipinski definition) is 1. The van der Waals surface area contributed by atoms with E-state index in [0.717, 1.165) is 0 Å². The van der Waals surface area contributed by atoms with E-state index in [2.05, 4.69) is 90.1 Å². The van der Waals surface area contributed by atoms with E-state index in [1.165, 1.54) is 22.3 Å². The standard InChI is InChI=1S/C22H28O/c1-21(2,3)17-11-7-15(8-12-17)19-20(23-19)16-9-13-18(14-10-16)22(4,5)6/h7-14,19-20H,1-6H3/t19-,20-/m0/s1. The highest BCUT2D eigenvalue weighted by Gasteiger charge is 2.41. The normalized spacial score (nSPS) is 21.3. The molecule has 1 aliphatic rings. The van der Waals surface area contributed by atoms with Crippen LogP contribution in [0.25, 0.3) is 0 Å². The Labute approximate surface area is 140 Å². The molecule has 0 amide bonds. The Hall–Kier alpha value is -1.60. The molecule has 2 atom stereocenters. The summed E-state index contributed by atoms with van der Waals surface area (Å²) in [6.45, 7) is 13.5. The van der Waals surface area contributed by atoms with Gasteiger partial charge < -0.3 is 4.74 Å². The third-order valence-corrected chi connectivity index (χ3v) is 4.70. The summed E-state index contributed by atoms with van der Waals surface area (Å²) < 4.78 is 5.94. The highest BCUT2D eigenvalue weighted by molar-refractivity contribution is 5.35. The maximum atomic E-state index is 5.94. The maximum absolute atomic E-state index is 5.94. The second-order valence-corrected chi connectivity index (χ2v) is 8.72. The van der Waals surface area contributed by atoms with Crippen molar-refractivity contribution in [1.82, 2.24) is 0 Å². The third kappa shape index (κ3) is 3.50. The summed E-state index contributed by atoms with van der Waals surface area (Å²) in [5.74, 6) is 0. The highest BCUT2D eigenvalue weighted by Crippen LogP contribution is 2.51. The van der Waals surface area contributed by atoms with Crippen molar-refractivity contribution in [2.75, 3.05) is 0 Å². The Morgan fingerprint density at radius 3 is 1.13 bits per heavy atom. The predicted octanol–water partition coefficient (Wildman–Crippen LogP) is 6.09. The van der Waals surface area contributed by atoms with Crippen LogP contribution in [-0.4, -0.2) is 0 Å². The Morgan fingerprint density at radius 2 is 0.870 bits per heavy atom. The summed E-state index contributed by atoms with van der Waals surface area (Å²) in [5.41, 5.74) is 5.70. The van der Waals surface area contributed by atoms with Crippen LogP contribution in [0.3, 0.4) is 0 Å². The largest absolute Gasteiger partial charge is 0.359 e. The molecule has 1 aliphatic heterocycles. The van der Waals surface area contributed by atoms with Crippen LogP contribution in [0, 0.1) is 0 Å². The van der Waals surface area contributed by atoms with Gasteiger partial charge in [0.15, 0.2) is 0 Å². The van der Waals surface area contributed by atoms with Crippen LogP contribution < -0.4 is 0 Å². The lowest BCUT2D eigenvalue weighted by Crippen LogP contribution is -2.10. The first-order valence-electron chi connectivity index (χ1n) is 8.52. The predicted molar refractivity (Wildman–Crippen MR) is 96.9 cm³/mol. The molecule has 0 aromatic heterocycles. The van der Waals surface area contributed by atoms with Crippen LogP contribution in [0.2, 0.25) is 0 Å². The zero-order chi connectivity index (χ0) is 16.8. The van der Waals surface area contributed by atoms with Gasteiger partial charge in [-0.25, -0.2) is 0 Å². The lowest BCUT2D eigenvalue weighted by Gasteiger charge is -2.19. The summed E-state index contributed by atoms with van der Waals surface area (Å²) in [4.78, 5) is 0. The molecule has 0 spiro atoms. The molecular weight excluding hydrogens is 280 g/mol. The number of ether oxygens (including phenoxy) is 1. The molecule has 23 heavy (non-hydrogen) atoms. The van der Waals surface area contributed by atoms with E-state index in [-0.39, 0.29) is 23.0 Å². The average Bonchev–Trinajstić information content (AvgIpc) is 3.26. The number of hydrogen-bond donors (Lipinski definition) is 0. The fourth-order valence-corrected chi connectivity index (χ4v) is 2.96. The molecule has 2 aromatic rings. The van der Waals surface area contributed by atoms with Crippen LogP contribution >= 0.6 is 0 Å². The van der Waals surface area contributed by atoms with Gasteiger partial charge in [-0.05, 0) is 33.1 Å². The molecule has 1 heteroatoms. The summed E-state index contributed by atoms with van der Waals surface area (Å²) in [6, 6.07) is 17.8. The van der Waals surface area contributed by atoms with E-state index in [4.69, 9.17) is 4.74 Å². The van der Waals surface area contributed by atoms with E-state index < -0.39 is 0 Å². The van der Waals surface area contributed by atoms with Gasteiger partial charge in [-0.1, -0.05) is 90.1 Å². The second kappa shape index (κ2) is 5.49.